The van der Waals surface area contributed by atoms with Crippen LogP contribution in [0.2, 0.25) is 0 Å². The van der Waals surface area contributed by atoms with Gasteiger partial charge in [-0.1, -0.05) is 0 Å². The molecule has 8 nitrogen and oxygen atoms in total. The molecule has 0 spiro atoms. The maximum atomic E-state index is 11.9. The van der Waals surface area contributed by atoms with Gasteiger partial charge < -0.3 is 24.8 Å². The number of hydrogen-bond acceptors (Lipinski definition) is 4. The van der Waals surface area contributed by atoms with Crippen molar-refractivity contribution in [2.24, 2.45) is 4.99 Å². The van der Waals surface area contributed by atoms with E-state index >= 15 is 0 Å². The maximum Gasteiger partial charge on any atom is 0.407 e. The summed E-state index contributed by atoms with van der Waals surface area (Å²) in [5, 5.41) is 6.27. The highest BCUT2D eigenvalue weighted by atomic mass is 127. The lowest BCUT2D eigenvalue weighted by molar-refractivity contribution is 0.0507. The van der Waals surface area contributed by atoms with Crippen molar-refractivity contribution >= 4 is 36.0 Å². The summed E-state index contributed by atoms with van der Waals surface area (Å²) in [6.45, 7) is 8.75. The highest BCUT2D eigenvalue weighted by Gasteiger charge is 2.27. The number of carbonyl (C=O) groups is 1. The summed E-state index contributed by atoms with van der Waals surface area (Å²) in [4.78, 5) is 22.4. The van der Waals surface area contributed by atoms with Crippen molar-refractivity contribution in [3.8, 4) is 0 Å². The van der Waals surface area contributed by atoms with Crippen LogP contribution in [0.3, 0.4) is 0 Å². The van der Waals surface area contributed by atoms with Gasteiger partial charge in [-0.3, -0.25) is 4.99 Å². The van der Waals surface area contributed by atoms with Crippen molar-refractivity contribution in [3.63, 3.8) is 0 Å². The summed E-state index contributed by atoms with van der Waals surface area (Å²) >= 11 is 0. The van der Waals surface area contributed by atoms with E-state index in [1.165, 1.54) is 0 Å². The number of nitrogens with one attached hydrogen (secondary N) is 2. The lowest BCUT2D eigenvalue weighted by atomic mass is 10.2. The largest absolute Gasteiger partial charge is 0.444 e. The van der Waals surface area contributed by atoms with Gasteiger partial charge in [-0.2, -0.15) is 0 Å². The lowest BCUT2D eigenvalue weighted by Gasteiger charge is -2.23. The van der Waals surface area contributed by atoms with Crippen LogP contribution in [0.25, 0.3) is 0 Å². The molecular formula is C16H29IN6O2. The van der Waals surface area contributed by atoms with Crippen molar-refractivity contribution in [2.45, 2.75) is 45.4 Å². The summed E-state index contributed by atoms with van der Waals surface area (Å²) in [6.07, 6.45) is 6.00. The number of carbonyl (C=O) groups excluding carboxylic acids is 1. The van der Waals surface area contributed by atoms with E-state index in [1.54, 1.807) is 19.6 Å². The van der Waals surface area contributed by atoms with Crippen molar-refractivity contribution in [1.82, 2.24) is 25.1 Å². The van der Waals surface area contributed by atoms with Crippen LogP contribution in [0.15, 0.2) is 23.7 Å². The molecular weight excluding hydrogens is 435 g/mol. The van der Waals surface area contributed by atoms with Crippen LogP contribution in [0, 0.1) is 0 Å². The molecule has 0 bridgehead atoms. The van der Waals surface area contributed by atoms with E-state index in [0.29, 0.717) is 0 Å². The Kier molecular flexibility index (Phi) is 8.46. The molecule has 1 fully saturated rings. The molecule has 1 aromatic heterocycles. The SMILES string of the molecule is CN=C(NCCn1ccnc1)N1CCC(NC(=O)OC(C)(C)C)C1.I. The average Bonchev–Trinajstić information content (AvgIpc) is 3.13. The van der Waals surface area contributed by atoms with Crippen LogP contribution in [0.5, 0.6) is 0 Å². The van der Waals surface area contributed by atoms with Gasteiger partial charge in [0.05, 0.1) is 12.4 Å². The Labute approximate surface area is 166 Å². The topological polar surface area (TPSA) is 83.8 Å². The van der Waals surface area contributed by atoms with Crippen molar-refractivity contribution in [3.05, 3.63) is 18.7 Å². The van der Waals surface area contributed by atoms with Gasteiger partial charge >= 0.3 is 6.09 Å². The standard InChI is InChI=1S/C16H28N6O2.HI/c1-16(2,3)24-15(23)20-13-5-8-22(11-13)14(17-4)19-7-10-21-9-6-18-12-21;/h6,9,12-13H,5,7-8,10-11H2,1-4H3,(H,17,19)(H,20,23);1H. The Morgan fingerprint density at radius 1 is 1.44 bits per heavy atom. The first-order valence-electron chi connectivity index (χ1n) is 8.28. The van der Waals surface area contributed by atoms with Crippen molar-refractivity contribution in [1.29, 1.82) is 0 Å². The fourth-order valence-corrected chi connectivity index (χ4v) is 2.59. The van der Waals surface area contributed by atoms with Crippen molar-refractivity contribution < 1.29 is 9.53 Å². The zero-order chi connectivity index (χ0) is 17.6. The molecule has 1 aliphatic rings. The van der Waals surface area contributed by atoms with E-state index in [4.69, 9.17) is 4.74 Å². The molecule has 0 saturated carbocycles. The summed E-state index contributed by atoms with van der Waals surface area (Å²) in [5.74, 6) is 0.851. The molecule has 25 heavy (non-hydrogen) atoms. The fraction of sp³-hybridized carbons (Fsp3) is 0.688. The van der Waals surface area contributed by atoms with E-state index in [2.05, 4.69) is 25.5 Å². The molecule has 2 rings (SSSR count). The average molecular weight is 464 g/mol. The molecule has 0 aliphatic carbocycles. The molecule has 0 radical (unpaired) electrons. The molecule has 1 atom stereocenters. The van der Waals surface area contributed by atoms with E-state index < -0.39 is 5.60 Å². The Balaban J connectivity index is 0.00000312. The third-order valence-electron chi connectivity index (χ3n) is 3.63. The number of likely N-dealkylation sites (tertiary alicyclic amines) is 1. The minimum absolute atomic E-state index is 0. The van der Waals surface area contributed by atoms with Crippen molar-refractivity contribution in [2.75, 3.05) is 26.7 Å². The second-order valence-electron chi connectivity index (χ2n) is 6.85. The van der Waals surface area contributed by atoms with Gasteiger partial charge in [0.2, 0.25) is 0 Å². The molecule has 9 heteroatoms. The summed E-state index contributed by atoms with van der Waals surface area (Å²) in [7, 11) is 1.77. The van der Waals surface area contributed by atoms with E-state index in [0.717, 1.165) is 38.6 Å². The zero-order valence-electron chi connectivity index (χ0n) is 15.4. The predicted molar refractivity (Wildman–Crippen MR) is 108 cm³/mol. The number of ether oxygens (including phenoxy) is 1. The van der Waals surface area contributed by atoms with E-state index in [-0.39, 0.29) is 36.1 Å². The van der Waals surface area contributed by atoms with Crippen LogP contribution in [0.1, 0.15) is 27.2 Å². The molecule has 1 aromatic rings. The first-order valence-corrected chi connectivity index (χ1v) is 8.28. The summed E-state index contributed by atoms with van der Waals surface area (Å²) in [5.41, 5.74) is -0.479. The van der Waals surface area contributed by atoms with Gasteiger partial charge in [0.15, 0.2) is 5.96 Å². The lowest BCUT2D eigenvalue weighted by Crippen LogP contribution is -2.44. The third-order valence-corrected chi connectivity index (χ3v) is 3.63. The molecule has 2 N–H and O–H groups in total. The van der Waals surface area contributed by atoms with Crippen LogP contribution in [-0.4, -0.2) is 64.8 Å². The van der Waals surface area contributed by atoms with E-state index in [9.17, 15) is 4.79 Å². The van der Waals surface area contributed by atoms with Gasteiger partial charge in [-0.15, -0.1) is 24.0 Å². The number of aromatic nitrogens is 2. The minimum atomic E-state index is -0.479. The second kappa shape index (κ2) is 9.83. The number of hydrogen-bond donors (Lipinski definition) is 2. The van der Waals surface area contributed by atoms with Gasteiger partial charge in [-0.25, -0.2) is 9.78 Å². The van der Waals surface area contributed by atoms with Gasteiger partial charge in [-0.05, 0) is 27.2 Å². The molecule has 1 unspecified atom stereocenters. The number of alkyl carbamates (subject to hydrolysis) is 1. The molecule has 0 aromatic carbocycles. The fourth-order valence-electron chi connectivity index (χ4n) is 2.59. The Bertz CT molecular complexity index is 555. The normalized spacial score (nSPS) is 17.8. The molecule has 1 saturated heterocycles. The number of aliphatic imine (C=N–C) groups is 1. The number of rotatable bonds is 4. The Hall–Kier alpha value is -1.52. The summed E-state index contributed by atoms with van der Waals surface area (Å²) < 4.78 is 7.32. The minimum Gasteiger partial charge on any atom is -0.444 e. The third kappa shape index (κ3) is 7.49. The first kappa shape index (κ1) is 21.5. The number of halogens is 1. The highest BCUT2D eigenvalue weighted by Crippen LogP contribution is 2.11. The molecule has 142 valence electrons. The smallest absolute Gasteiger partial charge is 0.407 e. The van der Waals surface area contributed by atoms with Gasteiger partial charge in [0.25, 0.3) is 0 Å². The zero-order valence-corrected chi connectivity index (χ0v) is 17.7. The van der Waals surface area contributed by atoms with E-state index in [1.807, 2.05) is 31.5 Å². The number of amides is 1. The predicted octanol–water partition coefficient (Wildman–Crippen LogP) is 1.68. The van der Waals surface area contributed by atoms with Crippen LogP contribution >= 0.6 is 24.0 Å². The molecule has 1 amide bonds. The molecule has 2 heterocycles. The summed E-state index contributed by atoms with van der Waals surface area (Å²) in [6, 6.07) is 0.0760. The highest BCUT2D eigenvalue weighted by molar-refractivity contribution is 14.0. The monoisotopic (exact) mass is 464 g/mol. The number of guanidine groups is 1. The second-order valence-corrected chi connectivity index (χ2v) is 6.85. The first-order chi connectivity index (χ1) is 11.4. The van der Waals surface area contributed by atoms with Gasteiger partial charge in [0.1, 0.15) is 5.60 Å². The number of imidazole rings is 1. The van der Waals surface area contributed by atoms with Crippen LogP contribution in [-0.2, 0) is 11.3 Å². The Morgan fingerprint density at radius 2 is 2.20 bits per heavy atom. The quantitative estimate of drug-likeness (QED) is 0.403. The van der Waals surface area contributed by atoms with Crippen LogP contribution in [0.4, 0.5) is 4.79 Å². The van der Waals surface area contributed by atoms with Crippen LogP contribution < -0.4 is 10.6 Å². The number of nitrogens with zero attached hydrogens (tertiary/aromatic N) is 4. The maximum absolute atomic E-state index is 11.9. The van der Waals surface area contributed by atoms with Gasteiger partial charge in [0, 0.05) is 45.6 Å². The molecule has 1 aliphatic heterocycles. The Morgan fingerprint density at radius 3 is 2.80 bits per heavy atom.